The van der Waals surface area contributed by atoms with Gasteiger partial charge in [0.25, 0.3) is 5.91 Å². The molecule has 1 amide bonds. The van der Waals surface area contributed by atoms with Crippen LogP contribution in [0, 0.1) is 0 Å². The van der Waals surface area contributed by atoms with Crippen molar-refractivity contribution in [1.29, 1.82) is 0 Å². The van der Waals surface area contributed by atoms with Gasteiger partial charge in [0.2, 0.25) is 0 Å². The summed E-state index contributed by atoms with van der Waals surface area (Å²) >= 11 is 0. The van der Waals surface area contributed by atoms with Crippen molar-refractivity contribution in [3.8, 4) is 0 Å². The lowest BCUT2D eigenvalue weighted by molar-refractivity contribution is -0.137. The molecule has 0 atom stereocenters. The van der Waals surface area contributed by atoms with Crippen LogP contribution in [0.1, 0.15) is 23.7 Å². The molecule has 2 heterocycles. The number of carboxylic acid groups (broad SMARTS) is 1. The Balaban J connectivity index is 1.97. The monoisotopic (exact) mass is 277 g/mol. The molecule has 0 aromatic carbocycles. The van der Waals surface area contributed by atoms with E-state index >= 15 is 0 Å². The summed E-state index contributed by atoms with van der Waals surface area (Å²) in [6.07, 6.45) is 6.18. The van der Waals surface area contributed by atoms with Gasteiger partial charge in [0.15, 0.2) is 0 Å². The van der Waals surface area contributed by atoms with Crippen LogP contribution < -0.4 is 5.32 Å². The normalized spacial score (nSPS) is 10.4. The Morgan fingerprint density at radius 3 is 2.65 bits per heavy atom. The van der Waals surface area contributed by atoms with Crippen LogP contribution in [-0.2, 0) is 17.9 Å². The number of aliphatic carboxylic acids is 1. The number of aryl methyl sites for hydroxylation is 2. The number of nitrogens with one attached hydrogen (secondary N) is 1. The van der Waals surface area contributed by atoms with Gasteiger partial charge in [-0.05, 0) is 6.92 Å². The van der Waals surface area contributed by atoms with Crippen LogP contribution in [-0.4, -0.2) is 36.5 Å². The predicted molar refractivity (Wildman–Crippen MR) is 70.3 cm³/mol. The fraction of sp³-hybridized carbons (Fsp3) is 0.333. The number of carboxylic acids is 1. The second-order valence-corrected chi connectivity index (χ2v) is 4.17. The van der Waals surface area contributed by atoms with Gasteiger partial charge < -0.3 is 10.4 Å². The van der Waals surface area contributed by atoms with Crippen LogP contribution in [0.3, 0.4) is 0 Å². The third-order valence-corrected chi connectivity index (χ3v) is 2.67. The number of carbonyl (C=O) groups excluding carboxylic acids is 1. The summed E-state index contributed by atoms with van der Waals surface area (Å²) in [7, 11) is 0. The summed E-state index contributed by atoms with van der Waals surface area (Å²) in [5.41, 5.74) is 0.981. The Bertz CT molecular complexity index is 616. The van der Waals surface area contributed by atoms with Crippen LogP contribution in [0.5, 0.6) is 0 Å². The average Bonchev–Trinajstić information content (AvgIpc) is 3.04. The third kappa shape index (κ3) is 3.44. The molecule has 2 rings (SSSR count). The minimum atomic E-state index is -0.904. The van der Waals surface area contributed by atoms with Crippen molar-refractivity contribution in [2.75, 3.05) is 5.32 Å². The Kier molecular flexibility index (Phi) is 4.14. The Labute approximate surface area is 115 Å². The van der Waals surface area contributed by atoms with Crippen LogP contribution in [0.15, 0.2) is 24.8 Å². The molecule has 0 aliphatic rings. The lowest BCUT2D eigenvalue weighted by atomic mass is 10.3. The summed E-state index contributed by atoms with van der Waals surface area (Å²) < 4.78 is 3.13. The SMILES string of the molecule is CCn1cc(NC(=O)c2cnn(CCC(=O)O)c2)cn1. The molecule has 0 aliphatic heterocycles. The van der Waals surface area contributed by atoms with Gasteiger partial charge in [-0.3, -0.25) is 19.0 Å². The van der Waals surface area contributed by atoms with Crippen molar-refractivity contribution in [2.24, 2.45) is 0 Å². The second kappa shape index (κ2) is 6.00. The topological polar surface area (TPSA) is 102 Å². The number of nitrogens with zero attached hydrogens (tertiary/aromatic N) is 4. The number of hydrogen-bond donors (Lipinski definition) is 2. The third-order valence-electron chi connectivity index (χ3n) is 2.67. The van der Waals surface area contributed by atoms with E-state index in [2.05, 4.69) is 15.5 Å². The summed E-state index contributed by atoms with van der Waals surface area (Å²) in [6, 6.07) is 0. The predicted octanol–water partition coefficient (Wildman–Crippen LogP) is 0.826. The molecule has 0 spiro atoms. The Morgan fingerprint density at radius 1 is 1.25 bits per heavy atom. The molecule has 2 N–H and O–H groups in total. The highest BCUT2D eigenvalue weighted by Crippen LogP contribution is 2.08. The van der Waals surface area contributed by atoms with Crippen molar-refractivity contribution >= 4 is 17.6 Å². The lowest BCUT2D eigenvalue weighted by Crippen LogP contribution is -2.11. The van der Waals surface area contributed by atoms with Gasteiger partial charge in [0.1, 0.15) is 0 Å². The molecule has 0 radical (unpaired) electrons. The smallest absolute Gasteiger partial charge is 0.305 e. The highest BCUT2D eigenvalue weighted by molar-refractivity contribution is 6.03. The fourth-order valence-corrected chi connectivity index (χ4v) is 1.62. The van der Waals surface area contributed by atoms with E-state index in [9.17, 15) is 9.59 Å². The maximum absolute atomic E-state index is 11.9. The molecule has 0 unspecified atom stereocenters. The van der Waals surface area contributed by atoms with E-state index < -0.39 is 5.97 Å². The lowest BCUT2D eigenvalue weighted by Gasteiger charge is -1.99. The fourth-order valence-electron chi connectivity index (χ4n) is 1.62. The average molecular weight is 277 g/mol. The van der Waals surface area contributed by atoms with Gasteiger partial charge in [-0.2, -0.15) is 10.2 Å². The van der Waals surface area contributed by atoms with Gasteiger partial charge in [0.05, 0.1) is 36.6 Å². The number of rotatable bonds is 6. The van der Waals surface area contributed by atoms with Gasteiger partial charge in [-0.15, -0.1) is 0 Å². The molecule has 106 valence electrons. The van der Waals surface area contributed by atoms with Crippen LogP contribution in [0.4, 0.5) is 5.69 Å². The van der Waals surface area contributed by atoms with Crippen LogP contribution in [0.2, 0.25) is 0 Å². The standard InChI is InChI=1S/C12H15N5O3/c1-2-16-8-10(6-14-16)15-12(20)9-5-13-17(7-9)4-3-11(18)19/h5-8H,2-4H2,1H3,(H,15,20)(H,18,19). The van der Waals surface area contributed by atoms with Gasteiger partial charge in [0, 0.05) is 18.9 Å². The first kappa shape index (κ1) is 13.8. The molecular weight excluding hydrogens is 262 g/mol. The maximum atomic E-state index is 11.9. The van der Waals surface area contributed by atoms with Crippen molar-refractivity contribution in [3.05, 3.63) is 30.4 Å². The summed E-state index contributed by atoms with van der Waals surface area (Å²) in [6.45, 7) is 2.91. The van der Waals surface area contributed by atoms with E-state index in [0.717, 1.165) is 6.54 Å². The van der Waals surface area contributed by atoms with E-state index in [0.29, 0.717) is 11.3 Å². The Hall–Kier alpha value is -2.64. The highest BCUT2D eigenvalue weighted by atomic mass is 16.4. The zero-order valence-electron chi connectivity index (χ0n) is 11.0. The molecule has 0 saturated heterocycles. The summed E-state index contributed by atoms with van der Waals surface area (Å²) in [5, 5.41) is 19.3. The molecule has 8 heteroatoms. The molecule has 8 nitrogen and oxygen atoms in total. The number of carbonyl (C=O) groups is 2. The van der Waals surface area contributed by atoms with Gasteiger partial charge in [-0.1, -0.05) is 0 Å². The van der Waals surface area contributed by atoms with Gasteiger partial charge in [-0.25, -0.2) is 0 Å². The maximum Gasteiger partial charge on any atom is 0.305 e. The highest BCUT2D eigenvalue weighted by Gasteiger charge is 2.10. The minimum absolute atomic E-state index is 0.0357. The molecule has 2 aromatic rings. The van der Waals surface area contributed by atoms with E-state index in [1.165, 1.54) is 17.1 Å². The molecule has 0 saturated carbocycles. The molecular formula is C12H15N5O3. The minimum Gasteiger partial charge on any atom is -0.481 e. The number of hydrogen-bond acceptors (Lipinski definition) is 4. The molecule has 0 fully saturated rings. The van der Waals surface area contributed by atoms with E-state index in [-0.39, 0.29) is 18.9 Å². The molecule has 0 aliphatic carbocycles. The van der Waals surface area contributed by atoms with Gasteiger partial charge >= 0.3 is 5.97 Å². The van der Waals surface area contributed by atoms with Crippen molar-refractivity contribution < 1.29 is 14.7 Å². The first-order chi connectivity index (χ1) is 9.58. The quantitative estimate of drug-likeness (QED) is 0.814. The molecule has 0 bridgehead atoms. The molecule has 2 aromatic heterocycles. The summed E-state index contributed by atoms with van der Waals surface area (Å²) in [4.78, 5) is 22.4. The largest absolute Gasteiger partial charge is 0.481 e. The molecule has 20 heavy (non-hydrogen) atoms. The van der Waals surface area contributed by atoms with Crippen LogP contribution >= 0.6 is 0 Å². The summed E-state index contributed by atoms with van der Waals surface area (Å²) in [5.74, 6) is -1.21. The van der Waals surface area contributed by atoms with Crippen molar-refractivity contribution in [3.63, 3.8) is 0 Å². The van der Waals surface area contributed by atoms with Crippen LogP contribution in [0.25, 0.3) is 0 Å². The number of anilines is 1. The van der Waals surface area contributed by atoms with Crippen molar-refractivity contribution in [1.82, 2.24) is 19.6 Å². The zero-order valence-corrected chi connectivity index (χ0v) is 11.0. The van der Waals surface area contributed by atoms with E-state index in [1.54, 1.807) is 17.1 Å². The van der Waals surface area contributed by atoms with Crippen molar-refractivity contribution in [2.45, 2.75) is 26.4 Å². The first-order valence-electron chi connectivity index (χ1n) is 6.16. The van der Waals surface area contributed by atoms with E-state index in [1.807, 2.05) is 6.92 Å². The Morgan fingerprint density at radius 2 is 2.00 bits per heavy atom. The zero-order chi connectivity index (χ0) is 14.5. The number of aromatic nitrogens is 4. The van der Waals surface area contributed by atoms with E-state index in [4.69, 9.17) is 5.11 Å². The first-order valence-corrected chi connectivity index (χ1v) is 6.16. The number of amides is 1. The second-order valence-electron chi connectivity index (χ2n) is 4.17.